The van der Waals surface area contributed by atoms with E-state index >= 15 is 0 Å². The summed E-state index contributed by atoms with van der Waals surface area (Å²) < 4.78 is 3.97. The van der Waals surface area contributed by atoms with Crippen LogP contribution in [0.25, 0.3) is 11.5 Å². The average molecular weight is 257 g/mol. The van der Waals surface area contributed by atoms with Crippen LogP contribution in [0.15, 0.2) is 10.8 Å². The number of aromatic nitrogens is 5. The Labute approximate surface area is 88.8 Å². The van der Waals surface area contributed by atoms with E-state index in [9.17, 15) is 0 Å². The number of hydrogen-bond acceptors (Lipinski definition) is 4. The van der Waals surface area contributed by atoms with Gasteiger partial charge in [-0.25, -0.2) is 4.68 Å². The molecule has 74 valence electrons. The van der Waals surface area contributed by atoms with Crippen molar-refractivity contribution < 1.29 is 0 Å². The zero-order valence-electron chi connectivity index (χ0n) is 7.77. The number of rotatable bonds is 1. The molecule has 2 aromatic heterocycles. The quantitative estimate of drug-likeness (QED) is 0.753. The van der Waals surface area contributed by atoms with E-state index in [1.807, 2.05) is 14.0 Å². The van der Waals surface area contributed by atoms with Gasteiger partial charge in [-0.3, -0.25) is 4.68 Å². The number of nitrogens with zero attached hydrogens (tertiary/aromatic N) is 5. The SMILES string of the molecule is Cc1nn(C)c(-c2nncn2N)c1Br. The normalized spacial score (nSPS) is 10.8. The molecule has 6 nitrogen and oxygen atoms in total. The number of aryl methyl sites for hydroxylation is 2. The average Bonchev–Trinajstić information content (AvgIpc) is 2.60. The first kappa shape index (κ1) is 9.20. The highest BCUT2D eigenvalue weighted by atomic mass is 79.9. The Balaban J connectivity index is 2.68. The summed E-state index contributed by atoms with van der Waals surface area (Å²) in [6, 6.07) is 0. The van der Waals surface area contributed by atoms with Gasteiger partial charge in [0, 0.05) is 7.05 Å². The van der Waals surface area contributed by atoms with Crippen molar-refractivity contribution in [2.45, 2.75) is 6.92 Å². The Morgan fingerprint density at radius 1 is 1.50 bits per heavy atom. The van der Waals surface area contributed by atoms with Crippen LogP contribution in [0.1, 0.15) is 5.69 Å². The molecule has 0 aliphatic carbocycles. The van der Waals surface area contributed by atoms with E-state index in [1.54, 1.807) is 4.68 Å². The van der Waals surface area contributed by atoms with E-state index in [-0.39, 0.29) is 0 Å². The van der Waals surface area contributed by atoms with Crippen LogP contribution in [0, 0.1) is 6.92 Å². The summed E-state index contributed by atoms with van der Waals surface area (Å²) in [4.78, 5) is 0. The van der Waals surface area contributed by atoms with Gasteiger partial charge in [-0.2, -0.15) is 5.10 Å². The van der Waals surface area contributed by atoms with Gasteiger partial charge in [-0.05, 0) is 22.9 Å². The Bertz CT molecular complexity index is 470. The number of nitrogens with two attached hydrogens (primary N) is 1. The molecule has 0 unspecified atom stereocenters. The third-order valence-corrected chi connectivity index (χ3v) is 2.88. The van der Waals surface area contributed by atoms with E-state index in [4.69, 9.17) is 5.84 Å². The number of hydrogen-bond donors (Lipinski definition) is 1. The first-order valence-corrected chi connectivity index (χ1v) is 4.75. The summed E-state index contributed by atoms with van der Waals surface area (Å²) in [6.45, 7) is 1.91. The second-order valence-electron chi connectivity index (χ2n) is 2.93. The molecule has 0 spiro atoms. The van der Waals surface area contributed by atoms with Crippen LogP contribution in [0.5, 0.6) is 0 Å². The van der Waals surface area contributed by atoms with Gasteiger partial charge in [0.15, 0.2) is 0 Å². The molecule has 2 rings (SSSR count). The molecule has 0 aromatic carbocycles. The van der Waals surface area contributed by atoms with Gasteiger partial charge in [0.05, 0.1) is 10.2 Å². The first-order valence-electron chi connectivity index (χ1n) is 3.96. The van der Waals surface area contributed by atoms with Gasteiger partial charge in [-0.15, -0.1) is 10.2 Å². The summed E-state index contributed by atoms with van der Waals surface area (Å²) in [5.74, 6) is 6.23. The second-order valence-corrected chi connectivity index (χ2v) is 3.73. The molecule has 7 heteroatoms. The fourth-order valence-electron chi connectivity index (χ4n) is 1.29. The van der Waals surface area contributed by atoms with Crippen LogP contribution in [0.2, 0.25) is 0 Å². The van der Waals surface area contributed by atoms with Crippen LogP contribution in [-0.4, -0.2) is 24.7 Å². The van der Waals surface area contributed by atoms with Crippen LogP contribution in [-0.2, 0) is 7.05 Å². The molecule has 0 radical (unpaired) electrons. The zero-order valence-corrected chi connectivity index (χ0v) is 9.35. The van der Waals surface area contributed by atoms with Crippen molar-refractivity contribution in [2.75, 3.05) is 5.84 Å². The summed E-state index contributed by atoms with van der Waals surface area (Å²) in [5, 5.41) is 11.9. The minimum Gasteiger partial charge on any atom is -0.336 e. The van der Waals surface area contributed by atoms with E-state index in [2.05, 4.69) is 31.2 Å². The van der Waals surface area contributed by atoms with E-state index in [0.717, 1.165) is 15.9 Å². The smallest absolute Gasteiger partial charge is 0.201 e. The predicted molar refractivity (Wildman–Crippen MR) is 54.8 cm³/mol. The maximum Gasteiger partial charge on any atom is 0.201 e. The second kappa shape index (κ2) is 3.09. The number of halogens is 1. The van der Waals surface area contributed by atoms with E-state index < -0.39 is 0 Å². The van der Waals surface area contributed by atoms with Crippen molar-refractivity contribution in [2.24, 2.45) is 7.05 Å². The molecule has 0 bridgehead atoms. The molecule has 14 heavy (non-hydrogen) atoms. The fraction of sp³-hybridized carbons (Fsp3) is 0.286. The van der Waals surface area contributed by atoms with E-state index in [0.29, 0.717) is 5.82 Å². The van der Waals surface area contributed by atoms with Crippen LogP contribution < -0.4 is 5.84 Å². The van der Waals surface area contributed by atoms with Crippen molar-refractivity contribution in [1.82, 2.24) is 24.7 Å². The van der Waals surface area contributed by atoms with Gasteiger partial charge in [0.2, 0.25) is 5.82 Å². The summed E-state index contributed by atoms with van der Waals surface area (Å²) in [5.41, 5.74) is 1.72. The molecule has 2 N–H and O–H groups in total. The van der Waals surface area contributed by atoms with Crippen LogP contribution in [0.4, 0.5) is 0 Å². The highest BCUT2D eigenvalue weighted by Gasteiger charge is 2.16. The minimum absolute atomic E-state index is 0.583. The Morgan fingerprint density at radius 3 is 2.64 bits per heavy atom. The van der Waals surface area contributed by atoms with E-state index in [1.165, 1.54) is 11.0 Å². The third-order valence-electron chi connectivity index (χ3n) is 1.93. The lowest BCUT2D eigenvalue weighted by Crippen LogP contribution is -2.10. The van der Waals surface area contributed by atoms with Gasteiger partial charge in [0.1, 0.15) is 12.0 Å². The lowest BCUT2D eigenvalue weighted by Gasteiger charge is -2.00. The third kappa shape index (κ3) is 1.20. The first-order chi connectivity index (χ1) is 6.61. The molecule has 0 fully saturated rings. The van der Waals surface area contributed by atoms with Crippen molar-refractivity contribution in [1.29, 1.82) is 0 Å². The van der Waals surface area contributed by atoms with Gasteiger partial charge >= 0.3 is 0 Å². The molecule has 2 heterocycles. The van der Waals surface area contributed by atoms with Gasteiger partial charge < -0.3 is 5.84 Å². The molecule has 0 saturated carbocycles. The predicted octanol–water partition coefficient (Wildman–Crippen LogP) is 0.463. The summed E-state index contributed by atoms with van der Waals surface area (Å²) >= 11 is 3.44. The maximum atomic E-state index is 5.65. The number of nitrogen functional groups attached to an aromatic ring is 1. The molecule has 0 aliphatic rings. The largest absolute Gasteiger partial charge is 0.336 e. The molecule has 0 atom stereocenters. The standard InChI is InChI=1S/C7H9BrN6/c1-4-5(8)6(13(2)12-4)7-11-10-3-14(7)9/h3H,9H2,1-2H3. The maximum absolute atomic E-state index is 5.65. The lowest BCUT2D eigenvalue weighted by molar-refractivity contribution is 0.755. The van der Waals surface area contributed by atoms with Crippen molar-refractivity contribution >= 4 is 15.9 Å². The van der Waals surface area contributed by atoms with Crippen LogP contribution in [0.3, 0.4) is 0 Å². The van der Waals surface area contributed by atoms with Gasteiger partial charge in [-0.1, -0.05) is 0 Å². The lowest BCUT2D eigenvalue weighted by atomic mass is 10.3. The molecule has 0 amide bonds. The Morgan fingerprint density at radius 2 is 2.21 bits per heavy atom. The molecular weight excluding hydrogens is 248 g/mol. The fourth-order valence-corrected chi connectivity index (χ4v) is 1.80. The van der Waals surface area contributed by atoms with Crippen molar-refractivity contribution in [3.8, 4) is 11.5 Å². The molecule has 0 saturated heterocycles. The molecular formula is C7H9BrN6. The van der Waals surface area contributed by atoms with Crippen molar-refractivity contribution in [3.05, 3.63) is 16.5 Å². The zero-order chi connectivity index (χ0) is 10.3. The minimum atomic E-state index is 0.583. The molecule has 0 aliphatic heterocycles. The monoisotopic (exact) mass is 256 g/mol. The summed E-state index contributed by atoms with van der Waals surface area (Å²) in [7, 11) is 1.84. The topological polar surface area (TPSA) is 74.5 Å². The highest BCUT2D eigenvalue weighted by molar-refractivity contribution is 9.10. The van der Waals surface area contributed by atoms with Crippen LogP contribution >= 0.6 is 15.9 Å². The Hall–Kier alpha value is -1.37. The Kier molecular flexibility index (Phi) is 2.03. The van der Waals surface area contributed by atoms with Crippen molar-refractivity contribution in [3.63, 3.8) is 0 Å². The molecule has 2 aromatic rings. The summed E-state index contributed by atoms with van der Waals surface area (Å²) in [6.07, 6.45) is 1.45. The highest BCUT2D eigenvalue weighted by Crippen LogP contribution is 2.27. The van der Waals surface area contributed by atoms with Gasteiger partial charge in [0.25, 0.3) is 0 Å².